The molecule has 152 valence electrons. The lowest BCUT2D eigenvalue weighted by atomic mass is 10.1. The Bertz CT molecular complexity index is 1460. The number of anilines is 1. The number of carbonyl (C=O) groups is 1. The molecule has 0 spiro atoms. The number of nitrogens with one attached hydrogen (secondary N) is 1. The monoisotopic (exact) mass is 428 g/mol. The molecule has 0 aliphatic carbocycles. The van der Waals surface area contributed by atoms with E-state index >= 15 is 0 Å². The Hall–Kier alpha value is -4.04. The van der Waals surface area contributed by atoms with E-state index in [1.807, 2.05) is 24.3 Å². The smallest absolute Gasteiger partial charge is 0.279 e. The fourth-order valence-corrected chi connectivity index (χ4v) is 4.20. The van der Waals surface area contributed by atoms with Crippen LogP contribution in [0, 0.1) is 0 Å². The minimum atomic E-state index is -0.433. The van der Waals surface area contributed by atoms with Gasteiger partial charge in [0.1, 0.15) is 5.75 Å². The molecular formula is C23H16N4O3S. The predicted molar refractivity (Wildman–Crippen MR) is 121 cm³/mol. The summed E-state index contributed by atoms with van der Waals surface area (Å²) in [6, 6.07) is 21.5. The second kappa shape index (κ2) is 7.66. The summed E-state index contributed by atoms with van der Waals surface area (Å²) in [5.74, 6) is 0.226. The number of fused-ring (bicyclic) bond motifs is 2. The fraction of sp³-hybridized carbons (Fsp3) is 0.0435. The third kappa shape index (κ3) is 3.43. The van der Waals surface area contributed by atoms with Gasteiger partial charge in [0.2, 0.25) is 0 Å². The Kier molecular flexibility index (Phi) is 4.68. The minimum absolute atomic E-state index is 0.144. The fourth-order valence-electron chi connectivity index (χ4n) is 3.34. The maximum Gasteiger partial charge on any atom is 0.279 e. The SMILES string of the molecule is COc1ccc(-n2nc(C(=O)Nc3nc4ccccc4s3)c3ccccc3c2=O)cc1. The number of ether oxygens (including phenoxy) is 1. The molecule has 1 amide bonds. The van der Waals surface area contributed by atoms with Gasteiger partial charge in [0, 0.05) is 5.39 Å². The number of amides is 1. The maximum atomic E-state index is 13.2. The Balaban J connectivity index is 1.62. The Morgan fingerprint density at radius 2 is 1.68 bits per heavy atom. The highest BCUT2D eigenvalue weighted by Crippen LogP contribution is 2.26. The van der Waals surface area contributed by atoms with Crippen LogP contribution in [-0.2, 0) is 0 Å². The van der Waals surface area contributed by atoms with Gasteiger partial charge in [-0.3, -0.25) is 14.9 Å². The van der Waals surface area contributed by atoms with Crippen molar-refractivity contribution in [3.05, 3.63) is 88.8 Å². The quantitative estimate of drug-likeness (QED) is 0.462. The number of methoxy groups -OCH3 is 1. The molecule has 5 rings (SSSR count). The molecule has 0 aliphatic rings. The van der Waals surface area contributed by atoms with Crippen molar-refractivity contribution in [3.8, 4) is 11.4 Å². The first-order valence-electron chi connectivity index (χ1n) is 9.47. The number of carbonyl (C=O) groups excluding carboxylic acids is 1. The highest BCUT2D eigenvalue weighted by Gasteiger charge is 2.19. The summed E-state index contributed by atoms with van der Waals surface area (Å²) in [4.78, 5) is 30.7. The molecule has 3 aromatic carbocycles. The van der Waals surface area contributed by atoms with Crippen LogP contribution < -0.4 is 15.6 Å². The number of benzene rings is 3. The van der Waals surface area contributed by atoms with Crippen LogP contribution in [-0.4, -0.2) is 27.8 Å². The van der Waals surface area contributed by atoms with Crippen molar-refractivity contribution in [1.82, 2.24) is 14.8 Å². The predicted octanol–water partition coefficient (Wildman–Crippen LogP) is 4.26. The van der Waals surface area contributed by atoms with Crippen molar-refractivity contribution in [3.63, 3.8) is 0 Å². The van der Waals surface area contributed by atoms with Gasteiger partial charge in [0.15, 0.2) is 10.8 Å². The lowest BCUT2D eigenvalue weighted by Gasteiger charge is -2.11. The van der Waals surface area contributed by atoms with Gasteiger partial charge in [0.05, 0.1) is 28.4 Å². The summed E-state index contributed by atoms with van der Waals surface area (Å²) in [5, 5.41) is 8.59. The first-order chi connectivity index (χ1) is 15.1. The summed E-state index contributed by atoms with van der Waals surface area (Å²) < 4.78 is 7.38. The van der Waals surface area contributed by atoms with Gasteiger partial charge >= 0.3 is 0 Å². The summed E-state index contributed by atoms with van der Waals surface area (Å²) in [7, 11) is 1.57. The molecule has 2 heterocycles. The number of hydrogen-bond acceptors (Lipinski definition) is 6. The molecule has 2 aromatic heterocycles. The van der Waals surface area contributed by atoms with Crippen LogP contribution >= 0.6 is 11.3 Å². The lowest BCUT2D eigenvalue weighted by molar-refractivity contribution is 0.102. The molecule has 0 unspecified atom stereocenters. The third-order valence-electron chi connectivity index (χ3n) is 4.85. The Labute approximate surface area is 180 Å². The summed E-state index contributed by atoms with van der Waals surface area (Å²) in [6.45, 7) is 0. The molecule has 0 atom stereocenters. The molecule has 5 aromatic rings. The average molecular weight is 428 g/mol. The summed E-state index contributed by atoms with van der Waals surface area (Å²) in [5.41, 5.74) is 1.18. The van der Waals surface area contributed by atoms with Crippen LogP contribution in [0.4, 0.5) is 5.13 Å². The molecule has 0 saturated heterocycles. The molecule has 0 aliphatic heterocycles. The molecule has 0 bridgehead atoms. The van der Waals surface area contributed by atoms with Crippen molar-refractivity contribution in [1.29, 1.82) is 0 Å². The van der Waals surface area contributed by atoms with Crippen molar-refractivity contribution < 1.29 is 9.53 Å². The topological polar surface area (TPSA) is 86.1 Å². The van der Waals surface area contributed by atoms with E-state index < -0.39 is 5.91 Å². The van der Waals surface area contributed by atoms with E-state index in [1.54, 1.807) is 55.6 Å². The van der Waals surface area contributed by atoms with Gasteiger partial charge < -0.3 is 4.74 Å². The van der Waals surface area contributed by atoms with E-state index in [0.29, 0.717) is 27.3 Å². The standard InChI is InChI=1S/C23H16N4O3S/c1-30-15-12-10-14(11-13-15)27-22(29)17-7-3-2-6-16(17)20(26-27)21(28)25-23-24-18-8-4-5-9-19(18)31-23/h2-13H,1H3,(H,24,25,28). The molecule has 0 saturated carbocycles. The van der Waals surface area contributed by atoms with Crippen molar-refractivity contribution in [2.24, 2.45) is 0 Å². The van der Waals surface area contributed by atoms with E-state index in [0.717, 1.165) is 10.2 Å². The Morgan fingerprint density at radius 1 is 0.968 bits per heavy atom. The molecule has 31 heavy (non-hydrogen) atoms. The number of rotatable bonds is 4. The van der Waals surface area contributed by atoms with Crippen molar-refractivity contribution in [2.75, 3.05) is 12.4 Å². The second-order valence-corrected chi connectivity index (χ2v) is 7.78. The van der Waals surface area contributed by atoms with Crippen LogP contribution in [0.25, 0.3) is 26.7 Å². The van der Waals surface area contributed by atoms with Gasteiger partial charge in [-0.25, -0.2) is 4.98 Å². The van der Waals surface area contributed by atoms with Crippen molar-refractivity contribution in [2.45, 2.75) is 0 Å². The zero-order valence-electron chi connectivity index (χ0n) is 16.4. The molecule has 7 nitrogen and oxygen atoms in total. The summed E-state index contributed by atoms with van der Waals surface area (Å²) >= 11 is 1.38. The van der Waals surface area contributed by atoms with Gasteiger partial charge in [-0.15, -0.1) is 0 Å². The van der Waals surface area contributed by atoms with Crippen LogP contribution in [0.3, 0.4) is 0 Å². The van der Waals surface area contributed by atoms with E-state index in [9.17, 15) is 9.59 Å². The first-order valence-corrected chi connectivity index (χ1v) is 10.3. The second-order valence-electron chi connectivity index (χ2n) is 6.75. The maximum absolute atomic E-state index is 13.2. The van der Waals surface area contributed by atoms with Crippen LogP contribution in [0.15, 0.2) is 77.6 Å². The third-order valence-corrected chi connectivity index (χ3v) is 5.80. The van der Waals surface area contributed by atoms with Gasteiger partial charge in [-0.05, 0) is 42.5 Å². The highest BCUT2D eigenvalue weighted by atomic mass is 32.1. The Morgan fingerprint density at radius 3 is 2.42 bits per heavy atom. The average Bonchev–Trinajstić information content (AvgIpc) is 3.22. The van der Waals surface area contributed by atoms with E-state index in [1.165, 1.54) is 16.0 Å². The molecule has 8 heteroatoms. The summed E-state index contributed by atoms with van der Waals surface area (Å²) in [6.07, 6.45) is 0. The number of nitrogens with zero attached hydrogens (tertiary/aromatic N) is 3. The van der Waals surface area contributed by atoms with Crippen LogP contribution in [0.5, 0.6) is 5.75 Å². The lowest BCUT2D eigenvalue weighted by Crippen LogP contribution is -2.26. The van der Waals surface area contributed by atoms with Gasteiger partial charge in [-0.1, -0.05) is 41.7 Å². The van der Waals surface area contributed by atoms with E-state index in [2.05, 4.69) is 15.4 Å². The number of para-hydroxylation sites is 1. The number of thiazole rings is 1. The minimum Gasteiger partial charge on any atom is -0.497 e. The zero-order valence-corrected chi connectivity index (χ0v) is 17.2. The van der Waals surface area contributed by atoms with Gasteiger partial charge in [-0.2, -0.15) is 9.78 Å². The molecule has 0 fully saturated rings. The van der Waals surface area contributed by atoms with Gasteiger partial charge in [0.25, 0.3) is 11.5 Å². The molecule has 1 N–H and O–H groups in total. The van der Waals surface area contributed by atoms with Crippen molar-refractivity contribution >= 4 is 43.4 Å². The largest absolute Gasteiger partial charge is 0.497 e. The number of aromatic nitrogens is 3. The first kappa shape index (κ1) is 19.0. The van der Waals surface area contributed by atoms with Crippen LogP contribution in [0.1, 0.15) is 10.5 Å². The zero-order chi connectivity index (χ0) is 21.4. The van der Waals surface area contributed by atoms with E-state index in [-0.39, 0.29) is 11.3 Å². The molecule has 0 radical (unpaired) electrons. The molecular weight excluding hydrogens is 412 g/mol. The van der Waals surface area contributed by atoms with Crippen LogP contribution in [0.2, 0.25) is 0 Å². The van der Waals surface area contributed by atoms with E-state index in [4.69, 9.17) is 4.74 Å². The highest BCUT2D eigenvalue weighted by molar-refractivity contribution is 7.22. The number of hydrogen-bond donors (Lipinski definition) is 1. The normalized spacial score (nSPS) is 11.0.